The summed E-state index contributed by atoms with van der Waals surface area (Å²) in [6, 6.07) is -0.434. The number of carbonyl (C=O) groups is 1. The molecule has 11 nitrogen and oxygen atoms in total. The van der Waals surface area contributed by atoms with Crippen LogP contribution in [0.15, 0.2) is 19.5 Å². The van der Waals surface area contributed by atoms with E-state index in [-0.39, 0.29) is 24.8 Å². The van der Waals surface area contributed by atoms with Crippen molar-refractivity contribution >= 4 is 11.8 Å². The van der Waals surface area contributed by atoms with Crippen molar-refractivity contribution in [2.24, 2.45) is 22.7 Å². The highest BCUT2D eigenvalue weighted by Crippen LogP contribution is 2.29. The Balaban J connectivity index is 3.43. The topological polar surface area (TPSA) is 143 Å². The average Bonchev–Trinajstić information content (AvgIpc) is 2.79. The maximum Gasteiger partial charge on any atom is 0.433 e. The number of amides is 1. The van der Waals surface area contributed by atoms with Crippen LogP contribution in [0.1, 0.15) is 114 Å². The highest BCUT2D eigenvalue weighted by molar-refractivity contribution is 5.88. The van der Waals surface area contributed by atoms with E-state index < -0.39 is 40.3 Å². The molecule has 3 N–H and O–H groups in total. The van der Waals surface area contributed by atoms with Crippen molar-refractivity contribution in [3.8, 4) is 0 Å². The lowest BCUT2D eigenvalue weighted by atomic mass is 9.83. The Hall–Kier alpha value is -2.69. The second kappa shape index (κ2) is 14.6. The van der Waals surface area contributed by atoms with Gasteiger partial charge in [-0.25, -0.2) is 32.9 Å². The van der Waals surface area contributed by atoms with E-state index in [1.807, 2.05) is 34.6 Å². The molecule has 0 aliphatic heterocycles. The minimum absolute atomic E-state index is 0.126. The Morgan fingerprint density at radius 3 is 1.97 bits per heavy atom. The van der Waals surface area contributed by atoms with Crippen LogP contribution in [-0.2, 0) is 16.9 Å². The van der Waals surface area contributed by atoms with Crippen LogP contribution in [0.4, 0.5) is 4.79 Å². The molecular formula is C28H52N6O5. The quantitative estimate of drug-likeness (QED) is 0.146. The summed E-state index contributed by atoms with van der Waals surface area (Å²) in [5, 5.41) is 6.89. The molecule has 0 saturated heterocycles. The first-order valence-corrected chi connectivity index (χ1v) is 14.3. The molecule has 0 aromatic carbocycles. The third-order valence-electron chi connectivity index (χ3n) is 7.09. The zero-order valence-electron chi connectivity index (χ0n) is 25.8. The molecule has 1 amide bonds. The van der Waals surface area contributed by atoms with Gasteiger partial charge in [0.15, 0.2) is 0 Å². The predicted octanol–water partition coefficient (Wildman–Crippen LogP) is 3.96. The molecule has 1 rings (SSSR count). The summed E-state index contributed by atoms with van der Waals surface area (Å²) in [6.07, 6.45) is 3.17. The van der Waals surface area contributed by atoms with Gasteiger partial charge in [-0.3, -0.25) is 4.84 Å². The zero-order valence-corrected chi connectivity index (χ0v) is 25.8. The first kappa shape index (κ1) is 34.3. The second-order valence-electron chi connectivity index (χ2n) is 12.2. The third kappa shape index (κ3) is 9.19. The number of hydrogen-bond donors (Lipinski definition) is 2. The summed E-state index contributed by atoms with van der Waals surface area (Å²) in [5.74, 6) is 0.251. The van der Waals surface area contributed by atoms with Crippen molar-refractivity contribution in [2.45, 2.75) is 131 Å². The van der Waals surface area contributed by atoms with Gasteiger partial charge in [-0.2, -0.15) is 0 Å². The summed E-state index contributed by atoms with van der Waals surface area (Å²) >= 11 is 0. The van der Waals surface area contributed by atoms with Crippen molar-refractivity contribution in [2.75, 3.05) is 6.54 Å². The molecule has 1 heterocycles. The molecule has 0 aliphatic rings. The molecule has 11 heteroatoms. The van der Waals surface area contributed by atoms with Gasteiger partial charge in [0.1, 0.15) is 0 Å². The first-order valence-electron chi connectivity index (χ1n) is 14.3. The maximum absolute atomic E-state index is 13.7. The summed E-state index contributed by atoms with van der Waals surface area (Å²) in [6.45, 7) is 19.5. The molecule has 0 saturated carbocycles. The van der Waals surface area contributed by atoms with Crippen LogP contribution >= 0.6 is 0 Å². The highest BCUT2D eigenvalue weighted by Gasteiger charge is 2.38. The van der Waals surface area contributed by atoms with Crippen LogP contribution in [0.5, 0.6) is 0 Å². The molecule has 0 fully saturated rings. The Kier molecular flexibility index (Phi) is 12.9. The van der Waals surface area contributed by atoms with Gasteiger partial charge in [-0.1, -0.05) is 52.6 Å². The molecule has 1 aromatic heterocycles. The SMILES string of the molecule is CCC(C)(CC(C)(C)NC(=O)ON=C(C(C)C)C(C)C)n1c(=O)n(CCCCCCN)c(=O)n(C(C)C)c1=O. The molecule has 1 atom stereocenters. The average molecular weight is 553 g/mol. The lowest BCUT2D eigenvalue weighted by molar-refractivity contribution is 0.124. The number of nitrogens with zero attached hydrogens (tertiary/aromatic N) is 4. The largest absolute Gasteiger partial charge is 0.433 e. The predicted molar refractivity (Wildman–Crippen MR) is 156 cm³/mol. The number of nitrogens with two attached hydrogens (primary N) is 1. The number of oxime groups is 1. The van der Waals surface area contributed by atoms with E-state index in [9.17, 15) is 19.2 Å². The summed E-state index contributed by atoms with van der Waals surface area (Å²) in [7, 11) is 0. The van der Waals surface area contributed by atoms with Crippen molar-refractivity contribution in [3.05, 3.63) is 31.5 Å². The Labute approximate surface area is 232 Å². The van der Waals surface area contributed by atoms with Gasteiger partial charge in [-0.15, -0.1) is 0 Å². The van der Waals surface area contributed by atoms with Gasteiger partial charge < -0.3 is 11.1 Å². The Bertz CT molecular complexity index is 1150. The fraction of sp³-hybridized carbons (Fsp3) is 0.821. The van der Waals surface area contributed by atoms with Crippen LogP contribution in [0.2, 0.25) is 0 Å². The number of carbonyl (C=O) groups excluding carboxylic acids is 1. The number of hydrogen-bond acceptors (Lipinski definition) is 7. The maximum atomic E-state index is 13.7. The number of nitrogens with one attached hydrogen (secondary N) is 1. The number of aromatic nitrogens is 3. The third-order valence-corrected chi connectivity index (χ3v) is 7.09. The minimum Gasteiger partial charge on any atom is -0.330 e. The van der Waals surface area contributed by atoms with Crippen LogP contribution in [-0.4, -0.2) is 37.6 Å². The minimum atomic E-state index is -0.999. The first-order chi connectivity index (χ1) is 18.0. The molecule has 0 aliphatic carbocycles. The summed E-state index contributed by atoms with van der Waals surface area (Å²) < 4.78 is 3.50. The van der Waals surface area contributed by atoms with Crippen molar-refractivity contribution in [3.63, 3.8) is 0 Å². The lowest BCUT2D eigenvalue weighted by Gasteiger charge is -2.38. The van der Waals surface area contributed by atoms with Crippen LogP contribution < -0.4 is 28.1 Å². The highest BCUT2D eigenvalue weighted by atomic mass is 16.7. The zero-order chi connectivity index (χ0) is 30.1. The van der Waals surface area contributed by atoms with E-state index >= 15 is 0 Å². The standard InChI is InChI=1S/C28H52N6O5/c1-11-28(10,18-27(8,9)30-23(35)39-31-22(19(2)3)20(4)5)34-25(37)32(17-15-13-12-14-16-29)24(36)33(21(6)7)26(34)38/h19-21H,11-18,29H2,1-10H3,(H,30,35). The van der Waals surface area contributed by atoms with Crippen molar-refractivity contribution in [1.82, 2.24) is 19.0 Å². The van der Waals surface area contributed by atoms with E-state index in [2.05, 4.69) is 10.5 Å². The lowest BCUT2D eigenvalue weighted by Crippen LogP contribution is -2.61. The molecule has 1 unspecified atom stereocenters. The van der Waals surface area contributed by atoms with E-state index in [1.165, 1.54) is 9.13 Å². The molecular weight excluding hydrogens is 500 g/mol. The fourth-order valence-corrected chi connectivity index (χ4v) is 5.10. The van der Waals surface area contributed by atoms with Crippen molar-refractivity contribution < 1.29 is 9.63 Å². The van der Waals surface area contributed by atoms with Gasteiger partial charge in [-0.05, 0) is 78.7 Å². The molecule has 1 aromatic rings. The van der Waals surface area contributed by atoms with Crippen molar-refractivity contribution in [1.29, 1.82) is 0 Å². The second-order valence-corrected chi connectivity index (χ2v) is 12.2. The molecule has 39 heavy (non-hydrogen) atoms. The van der Waals surface area contributed by atoms with Crippen LogP contribution in [0.3, 0.4) is 0 Å². The smallest absolute Gasteiger partial charge is 0.330 e. The number of unbranched alkanes of at least 4 members (excludes halogenated alkanes) is 3. The summed E-state index contributed by atoms with van der Waals surface area (Å²) in [5.41, 5.74) is 2.59. The molecule has 0 radical (unpaired) electrons. The van der Waals surface area contributed by atoms with Crippen LogP contribution in [0, 0.1) is 11.8 Å². The molecule has 0 bridgehead atoms. The Morgan fingerprint density at radius 2 is 1.49 bits per heavy atom. The monoisotopic (exact) mass is 552 g/mol. The normalized spacial score (nSPS) is 13.6. The molecule has 224 valence electrons. The van der Waals surface area contributed by atoms with Gasteiger partial charge in [0.25, 0.3) is 0 Å². The van der Waals surface area contributed by atoms with Gasteiger partial charge in [0.2, 0.25) is 0 Å². The van der Waals surface area contributed by atoms with E-state index in [4.69, 9.17) is 10.6 Å². The van der Waals surface area contributed by atoms with Crippen LogP contribution in [0.25, 0.3) is 0 Å². The Morgan fingerprint density at radius 1 is 0.923 bits per heavy atom. The fourth-order valence-electron chi connectivity index (χ4n) is 5.10. The van der Waals surface area contributed by atoms with Gasteiger partial charge >= 0.3 is 23.2 Å². The van der Waals surface area contributed by atoms with E-state index in [0.29, 0.717) is 19.4 Å². The molecule has 0 spiro atoms. The van der Waals surface area contributed by atoms with E-state index in [1.54, 1.807) is 34.6 Å². The van der Waals surface area contributed by atoms with E-state index in [0.717, 1.165) is 29.5 Å². The van der Waals surface area contributed by atoms with Gasteiger partial charge in [0, 0.05) is 18.1 Å². The summed E-state index contributed by atoms with van der Waals surface area (Å²) in [4.78, 5) is 58.3. The number of rotatable bonds is 15. The van der Waals surface area contributed by atoms with Gasteiger partial charge in [0.05, 0.1) is 11.3 Å².